The molecule has 1 atom stereocenters. The Morgan fingerprint density at radius 2 is 2.33 bits per heavy atom. The van der Waals surface area contributed by atoms with Crippen LogP contribution in [0.25, 0.3) is 0 Å². The summed E-state index contributed by atoms with van der Waals surface area (Å²) in [4.78, 5) is 15.0. The summed E-state index contributed by atoms with van der Waals surface area (Å²) in [5.74, 6) is -0.118. The van der Waals surface area contributed by atoms with Crippen LogP contribution in [0.4, 0.5) is 5.13 Å². The van der Waals surface area contributed by atoms with Gasteiger partial charge in [-0.05, 0) is 13.8 Å². The van der Waals surface area contributed by atoms with Crippen molar-refractivity contribution in [3.05, 3.63) is 11.1 Å². The van der Waals surface area contributed by atoms with E-state index in [1.165, 1.54) is 18.3 Å². The molecule has 0 bridgehead atoms. The van der Waals surface area contributed by atoms with Crippen molar-refractivity contribution >= 4 is 22.3 Å². The second kappa shape index (κ2) is 2.84. The second-order valence-electron chi connectivity index (χ2n) is 2.83. The molecule has 0 saturated heterocycles. The zero-order valence-corrected chi connectivity index (χ0v) is 7.81. The van der Waals surface area contributed by atoms with E-state index in [1.54, 1.807) is 12.3 Å². The number of ketones is 1. The van der Waals surface area contributed by atoms with E-state index in [2.05, 4.69) is 4.98 Å². The van der Waals surface area contributed by atoms with Gasteiger partial charge >= 0.3 is 0 Å². The van der Waals surface area contributed by atoms with Crippen molar-refractivity contribution in [2.24, 2.45) is 5.73 Å². The van der Waals surface area contributed by atoms with Gasteiger partial charge in [-0.25, -0.2) is 4.98 Å². The van der Waals surface area contributed by atoms with Crippen LogP contribution >= 0.6 is 11.3 Å². The number of nitrogens with two attached hydrogens (primary N) is 2. The molecule has 0 saturated carbocycles. The molecule has 0 aliphatic rings. The maximum atomic E-state index is 11.1. The minimum absolute atomic E-state index is 0.118. The standard InChI is InChI=1S/C7H11N3OS/c1-4(11)7(2,9)5-3-12-6(8)10-5/h3H,9H2,1-2H3,(H2,8,10). The highest BCUT2D eigenvalue weighted by atomic mass is 32.1. The zero-order chi connectivity index (χ0) is 9.35. The molecule has 0 fully saturated rings. The largest absolute Gasteiger partial charge is 0.375 e. The molecule has 1 unspecified atom stereocenters. The molecule has 1 aromatic rings. The Hall–Kier alpha value is -0.940. The maximum absolute atomic E-state index is 11.1. The van der Waals surface area contributed by atoms with Crippen LogP contribution in [0.15, 0.2) is 5.38 Å². The third-order valence-corrected chi connectivity index (χ3v) is 2.46. The molecule has 4 N–H and O–H groups in total. The summed E-state index contributed by atoms with van der Waals surface area (Å²) in [5.41, 5.74) is 10.7. The number of thiazole rings is 1. The Balaban J connectivity index is 3.05. The minimum atomic E-state index is -1.01. The maximum Gasteiger partial charge on any atom is 0.180 e. The third-order valence-electron chi connectivity index (χ3n) is 1.79. The normalized spacial score (nSPS) is 15.6. The number of nitrogens with zero attached hydrogens (tertiary/aromatic N) is 1. The van der Waals surface area contributed by atoms with Crippen molar-refractivity contribution in [2.45, 2.75) is 19.4 Å². The number of Topliss-reactive ketones (excluding diaryl/α,β-unsaturated/α-hetero) is 1. The first-order valence-electron chi connectivity index (χ1n) is 3.46. The van der Waals surface area contributed by atoms with Crippen LogP contribution in [0.3, 0.4) is 0 Å². The first kappa shape index (κ1) is 9.15. The fraction of sp³-hybridized carbons (Fsp3) is 0.429. The lowest BCUT2D eigenvalue weighted by Gasteiger charge is -2.17. The van der Waals surface area contributed by atoms with Crippen LogP contribution in [0.2, 0.25) is 0 Å². The summed E-state index contributed by atoms with van der Waals surface area (Å²) < 4.78 is 0. The molecule has 4 nitrogen and oxygen atoms in total. The topological polar surface area (TPSA) is 82.0 Å². The van der Waals surface area contributed by atoms with Crippen molar-refractivity contribution in [3.8, 4) is 0 Å². The van der Waals surface area contributed by atoms with Crippen LogP contribution in [-0.4, -0.2) is 10.8 Å². The SMILES string of the molecule is CC(=O)C(C)(N)c1csc(N)n1. The smallest absolute Gasteiger partial charge is 0.180 e. The number of carbonyl (C=O) groups excluding carboxylic acids is 1. The monoisotopic (exact) mass is 185 g/mol. The summed E-state index contributed by atoms with van der Waals surface area (Å²) >= 11 is 1.28. The number of rotatable bonds is 2. The van der Waals surface area contributed by atoms with Crippen molar-refractivity contribution in [3.63, 3.8) is 0 Å². The average molecular weight is 185 g/mol. The molecule has 5 heteroatoms. The van der Waals surface area contributed by atoms with E-state index in [9.17, 15) is 4.79 Å². The van der Waals surface area contributed by atoms with E-state index in [4.69, 9.17) is 11.5 Å². The second-order valence-corrected chi connectivity index (χ2v) is 3.72. The third kappa shape index (κ3) is 1.46. The Labute approximate surface area is 74.6 Å². The van der Waals surface area contributed by atoms with Gasteiger partial charge < -0.3 is 11.5 Å². The highest BCUT2D eigenvalue weighted by Gasteiger charge is 2.29. The van der Waals surface area contributed by atoms with Crippen molar-refractivity contribution in [1.29, 1.82) is 0 Å². The molecule has 0 amide bonds. The van der Waals surface area contributed by atoms with E-state index in [-0.39, 0.29) is 5.78 Å². The number of carbonyl (C=O) groups is 1. The Morgan fingerprint density at radius 1 is 1.75 bits per heavy atom. The van der Waals surface area contributed by atoms with Gasteiger partial charge in [0.2, 0.25) is 0 Å². The van der Waals surface area contributed by atoms with E-state index >= 15 is 0 Å². The van der Waals surface area contributed by atoms with Crippen LogP contribution in [-0.2, 0) is 10.3 Å². The Kier molecular flexibility index (Phi) is 2.16. The Bertz CT molecular complexity index is 305. The predicted octanol–water partition coefficient (Wildman–Crippen LogP) is 0.488. The summed E-state index contributed by atoms with van der Waals surface area (Å²) in [7, 11) is 0. The van der Waals surface area contributed by atoms with Crippen molar-refractivity contribution in [2.75, 3.05) is 5.73 Å². The number of nitrogen functional groups attached to an aromatic ring is 1. The van der Waals surface area contributed by atoms with E-state index in [0.29, 0.717) is 10.8 Å². The number of anilines is 1. The quantitative estimate of drug-likeness (QED) is 0.702. The van der Waals surface area contributed by atoms with Crippen LogP contribution < -0.4 is 11.5 Å². The van der Waals surface area contributed by atoms with Crippen molar-refractivity contribution < 1.29 is 4.79 Å². The molecule has 0 spiro atoms. The fourth-order valence-corrected chi connectivity index (χ4v) is 1.39. The summed E-state index contributed by atoms with van der Waals surface area (Å²) in [5, 5.41) is 2.14. The molecule has 1 heterocycles. The molecule has 1 aromatic heterocycles. The molecular weight excluding hydrogens is 174 g/mol. The van der Waals surface area contributed by atoms with Crippen LogP contribution in [0, 0.1) is 0 Å². The van der Waals surface area contributed by atoms with Gasteiger partial charge in [-0.15, -0.1) is 11.3 Å². The van der Waals surface area contributed by atoms with Gasteiger partial charge in [0.1, 0.15) is 5.54 Å². The fourth-order valence-electron chi connectivity index (χ4n) is 0.707. The van der Waals surface area contributed by atoms with E-state index in [1.807, 2.05) is 0 Å². The number of aromatic nitrogens is 1. The molecule has 12 heavy (non-hydrogen) atoms. The average Bonchev–Trinajstić information content (AvgIpc) is 2.35. The summed E-state index contributed by atoms with van der Waals surface area (Å²) in [6.45, 7) is 3.07. The van der Waals surface area contributed by atoms with E-state index < -0.39 is 5.54 Å². The van der Waals surface area contributed by atoms with E-state index in [0.717, 1.165) is 0 Å². The van der Waals surface area contributed by atoms with Gasteiger partial charge in [0, 0.05) is 5.38 Å². The number of hydrogen-bond acceptors (Lipinski definition) is 5. The molecule has 0 aliphatic carbocycles. The van der Waals surface area contributed by atoms with Crippen LogP contribution in [0.5, 0.6) is 0 Å². The zero-order valence-electron chi connectivity index (χ0n) is 7.00. The van der Waals surface area contributed by atoms with Crippen molar-refractivity contribution in [1.82, 2.24) is 4.98 Å². The van der Waals surface area contributed by atoms with Gasteiger partial charge in [-0.3, -0.25) is 4.79 Å². The lowest BCUT2D eigenvalue weighted by molar-refractivity contribution is -0.121. The molecule has 1 rings (SSSR count). The highest BCUT2D eigenvalue weighted by Crippen LogP contribution is 2.21. The Morgan fingerprint density at radius 3 is 2.67 bits per heavy atom. The van der Waals surface area contributed by atoms with Gasteiger partial charge in [0.25, 0.3) is 0 Å². The first-order chi connectivity index (χ1) is 5.44. The molecular formula is C7H11N3OS. The van der Waals surface area contributed by atoms with Gasteiger partial charge in [-0.2, -0.15) is 0 Å². The molecule has 66 valence electrons. The molecule has 0 aliphatic heterocycles. The van der Waals surface area contributed by atoms with Crippen LogP contribution in [0.1, 0.15) is 19.5 Å². The summed E-state index contributed by atoms with van der Waals surface area (Å²) in [6, 6.07) is 0. The van der Waals surface area contributed by atoms with Gasteiger partial charge in [0.05, 0.1) is 5.69 Å². The summed E-state index contributed by atoms with van der Waals surface area (Å²) in [6.07, 6.45) is 0. The molecule has 0 radical (unpaired) electrons. The van der Waals surface area contributed by atoms with Gasteiger partial charge in [-0.1, -0.05) is 0 Å². The number of hydrogen-bond donors (Lipinski definition) is 2. The minimum Gasteiger partial charge on any atom is -0.375 e. The lowest BCUT2D eigenvalue weighted by Crippen LogP contribution is -2.40. The highest BCUT2D eigenvalue weighted by molar-refractivity contribution is 7.13. The molecule has 0 aromatic carbocycles. The van der Waals surface area contributed by atoms with Gasteiger partial charge in [0.15, 0.2) is 10.9 Å². The first-order valence-corrected chi connectivity index (χ1v) is 4.34. The lowest BCUT2D eigenvalue weighted by atomic mass is 9.96. The predicted molar refractivity (Wildman–Crippen MR) is 48.7 cm³/mol.